The number of nitrogens with zero attached hydrogens (tertiary/aromatic N) is 1. The maximum Gasteiger partial charge on any atom is 0.265 e. The number of aromatic nitrogens is 2. The molecule has 0 spiro atoms. The minimum atomic E-state index is -3.77. The van der Waals surface area contributed by atoms with Crippen molar-refractivity contribution in [2.24, 2.45) is 0 Å². The number of H-pyrrole nitrogens is 1. The molecule has 0 aliphatic carbocycles. The lowest BCUT2D eigenvalue weighted by Crippen LogP contribution is -2.15. The molecule has 1 aromatic carbocycles. The van der Waals surface area contributed by atoms with Crippen molar-refractivity contribution in [3.63, 3.8) is 0 Å². The van der Waals surface area contributed by atoms with Gasteiger partial charge in [0, 0.05) is 5.69 Å². The molecule has 0 saturated heterocycles. The summed E-state index contributed by atoms with van der Waals surface area (Å²) in [7, 11) is -3.77. The summed E-state index contributed by atoms with van der Waals surface area (Å²) in [5.74, 6) is 0. The summed E-state index contributed by atoms with van der Waals surface area (Å²) in [5.41, 5.74) is 2.04. The van der Waals surface area contributed by atoms with E-state index in [4.69, 9.17) is 5.11 Å². The fraction of sp³-hybridized carbons (Fsp3) is 0.308. The molecule has 0 atom stereocenters. The van der Waals surface area contributed by atoms with E-state index in [0.29, 0.717) is 11.4 Å². The molecule has 1 aromatic heterocycles. The molecule has 0 amide bonds. The molecule has 6 nitrogen and oxygen atoms in total. The standard InChI is InChI=1S/C13H17N3O3S/c1-3-10-5-4-6-11(7-10)16-20(18,19)13-9(2)14-15-12(13)8-17/h4-7,16-17H,3,8H2,1-2H3,(H,14,15). The van der Waals surface area contributed by atoms with E-state index in [2.05, 4.69) is 14.9 Å². The van der Waals surface area contributed by atoms with Crippen molar-refractivity contribution in [2.45, 2.75) is 31.8 Å². The Labute approximate surface area is 117 Å². The lowest BCUT2D eigenvalue weighted by molar-refractivity contribution is 0.273. The van der Waals surface area contributed by atoms with Gasteiger partial charge in [0.25, 0.3) is 10.0 Å². The molecule has 2 rings (SSSR count). The molecule has 0 unspecified atom stereocenters. The highest BCUT2D eigenvalue weighted by atomic mass is 32.2. The van der Waals surface area contributed by atoms with Crippen molar-refractivity contribution in [3.8, 4) is 0 Å². The molecular formula is C13H17N3O3S. The molecule has 0 radical (unpaired) electrons. The van der Waals surface area contributed by atoms with Crippen molar-refractivity contribution in [2.75, 3.05) is 4.72 Å². The number of rotatable bonds is 5. The van der Waals surface area contributed by atoms with E-state index in [0.717, 1.165) is 12.0 Å². The Bertz CT molecular complexity index is 707. The van der Waals surface area contributed by atoms with Gasteiger partial charge < -0.3 is 5.11 Å². The van der Waals surface area contributed by atoms with E-state index in [1.54, 1.807) is 25.1 Å². The van der Waals surface area contributed by atoms with Crippen molar-refractivity contribution in [1.82, 2.24) is 10.2 Å². The highest BCUT2D eigenvalue weighted by Crippen LogP contribution is 2.22. The zero-order valence-corrected chi connectivity index (χ0v) is 12.2. The number of aliphatic hydroxyl groups excluding tert-OH is 1. The van der Waals surface area contributed by atoms with Crippen molar-refractivity contribution in [3.05, 3.63) is 41.2 Å². The van der Waals surface area contributed by atoms with Crippen LogP contribution in [0.4, 0.5) is 5.69 Å². The van der Waals surface area contributed by atoms with Gasteiger partial charge in [0.05, 0.1) is 12.3 Å². The summed E-state index contributed by atoms with van der Waals surface area (Å²) < 4.78 is 27.3. The molecule has 20 heavy (non-hydrogen) atoms. The number of benzene rings is 1. The normalized spacial score (nSPS) is 11.6. The van der Waals surface area contributed by atoms with E-state index in [1.165, 1.54) is 0 Å². The quantitative estimate of drug-likeness (QED) is 0.780. The van der Waals surface area contributed by atoms with Crippen LogP contribution in [0.15, 0.2) is 29.2 Å². The van der Waals surface area contributed by atoms with Gasteiger partial charge in [0.2, 0.25) is 0 Å². The third-order valence-electron chi connectivity index (χ3n) is 2.97. The van der Waals surface area contributed by atoms with E-state index in [9.17, 15) is 8.42 Å². The fourth-order valence-electron chi connectivity index (χ4n) is 1.99. The molecule has 0 bridgehead atoms. The zero-order valence-electron chi connectivity index (χ0n) is 11.3. The number of aromatic amines is 1. The lowest BCUT2D eigenvalue weighted by Gasteiger charge is -2.09. The second kappa shape index (κ2) is 5.64. The van der Waals surface area contributed by atoms with Gasteiger partial charge in [-0.3, -0.25) is 9.82 Å². The Kier molecular flexibility index (Phi) is 4.10. The van der Waals surface area contributed by atoms with Gasteiger partial charge in [0.1, 0.15) is 10.6 Å². The number of aliphatic hydroxyl groups is 1. The number of anilines is 1. The number of nitrogens with one attached hydrogen (secondary N) is 2. The van der Waals surface area contributed by atoms with E-state index < -0.39 is 16.6 Å². The van der Waals surface area contributed by atoms with Crippen LogP contribution in [0.25, 0.3) is 0 Å². The van der Waals surface area contributed by atoms with Gasteiger partial charge in [0.15, 0.2) is 0 Å². The number of aryl methyl sites for hydroxylation is 2. The first-order valence-electron chi connectivity index (χ1n) is 6.24. The second-order valence-corrected chi connectivity index (χ2v) is 6.06. The Morgan fingerprint density at radius 2 is 2.15 bits per heavy atom. The minimum absolute atomic E-state index is 0.00176. The van der Waals surface area contributed by atoms with Gasteiger partial charge in [-0.25, -0.2) is 8.42 Å². The van der Waals surface area contributed by atoms with Gasteiger partial charge in [-0.1, -0.05) is 19.1 Å². The van der Waals surface area contributed by atoms with Crippen LogP contribution >= 0.6 is 0 Å². The van der Waals surface area contributed by atoms with Crippen LogP contribution in [0, 0.1) is 6.92 Å². The first kappa shape index (κ1) is 14.5. The van der Waals surface area contributed by atoms with E-state index >= 15 is 0 Å². The summed E-state index contributed by atoms with van der Waals surface area (Å²) in [5, 5.41) is 15.5. The Morgan fingerprint density at radius 3 is 2.80 bits per heavy atom. The predicted molar refractivity (Wildman–Crippen MR) is 75.9 cm³/mol. The highest BCUT2D eigenvalue weighted by Gasteiger charge is 2.24. The first-order valence-corrected chi connectivity index (χ1v) is 7.72. The summed E-state index contributed by atoms with van der Waals surface area (Å²) in [4.78, 5) is 0.00176. The van der Waals surface area contributed by atoms with Gasteiger partial charge >= 0.3 is 0 Å². The van der Waals surface area contributed by atoms with Gasteiger partial charge in [-0.2, -0.15) is 5.10 Å². The lowest BCUT2D eigenvalue weighted by atomic mass is 10.1. The van der Waals surface area contributed by atoms with Gasteiger partial charge in [-0.05, 0) is 31.0 Å². The summed E-state index contributed by atoms with van der Waals surface area (Å²) >= 11 is 0. The molecule has 0 saturated carbocycles. The topological polar surface area (TPSA) is 95.1 Å². The molecule has 0 aliphatic rings. The van der Waals surface area contributed by atoms with Crippen molar-refractivity contribution < 1.29 is 13.5 Å². The van der Waals surface area contributed by atoms with E-state index in [1.807, 2.05) is 13.0 Å². The third-order valence-corrected chi connectivity index (χ3v) is 4.55. The summed E-state index contributed by atoms with van der Waals surface area (Å²) in [6, 6.07) is 7.20. The first-order chi connectivity index (χ1) is 9.47. The zero-order chi connectivity index (χ0) is 14.8. The minimum Gasteiger partial charge on any atom is -0.390 e. The molecular weight excluding hydrogens is 278 g/mol. The highest BCUT2D eigenvalue weighted by molar-refractivity contribution is 7.92. The number of hydrogen-bond donors (Lipinski definition) is 3. The average Bonchev–Trinajstić information content (AvgIpc) is 2.80. The average molecular weight is 295 g/mol. The summed E-state index contributed by atoms with van der Waals surface area (Å²) in [6.45, 7) is 3.16. The van der Waals surface area contributed by atoms with Crippen LogP contribution in [-0.4, -0.2) is 23.7 Å². The maximum atomic E-state index is 12.4. The fourth-order valence-corrected chi connectivity index (χ4v) is 3.40. The van der Waals surface area contributed by atoms with Crippen LogP contribution in [0.3, 0.4) is 0 Å². The molecule has 108 valence electrons. The number of sulfonamides is 1. The smallest absolute Gasteiger partial charge is 0.265 e. The molecule has 0 fully saturated rings. The monoisotopic (exact) mass is 295 g/mol. The SMILES string of the molecule is CCc1cccc(NS(=O)(=O)c2c(CO)n[nH]c2C)c1. The van der Waals surface area contributed by atoms with Crippen LogP contribution < -0.4 is 4.72 Å². The predicted octanol–water partition coefficient (Wildman–Crippen LogP) is 1.57. The van der Waals surface area contributed by atoms with Gasteiger partial charge in [-0.15, -0.1) is 0 Å². The Morgan fingerprint density at radius 1 is 1.40 bits per heavy atom. The molecule has 1 heterocycles. The van der Waals surface area contributed by atoms with Crippen LogP contribution in [0.2, 0.25) is 0 Å². The van der Waals surface area contributed by atoms with Crippen LogP contribution in [0.5, 0.6) is 0 Å². The Hall–Kier alpha value is -1.86. The number of hydrogen-bond acceptors (Lipinski definition) is 4. The molecule has 7 heteroatoms. The van der Waals surface area contributed by atoms with E-state index in [-0.39, 0.29) is 10.6 Å². The molecule has 3 N–H and O–H groups in total. The van der Waals surface area contributed by atoms with Crippen LogP contribution in [-0.2, 0) is 23.1 Å². The Balaban J connectivity index is 2.38. The summed E-state index contributed by atoms with van der Waals surface area (Å²) in [6.07, 6.45) is 0.822. The third kappa shape index (κ3) is 2.83. The largest absolute Gasteiger partial charge is 0.390 e. The van der Waals surface area contributed by atoms with Crippen LogP contribution in [0.1, 0.15) is 23.9 Å². The second-order valence-electron chi connectivity index (χ2n) is 4.44. The van der Waals surface area contributed by atoms with Crippen molar-refractivity contribution in [1.29, 1.82) is 0 Å². The molecule has 0 aliphatic heterocycles. The van der Waals surface area contributed by atoms with Crippen molar-refractivity contribution >= 4 is 15.7 Å². The molecule has 2 aromatic rings. The maximum absolute atomic E-state index is 12.4.